The SMILES string of the molecule is COC(=O)[C@@H](Cc1ccc(Cl)cc1)NC(=O)[C@@H](Cc1ccccc1F)NC(C)=O. The van der Waals surface area contributed by atoms with E-state index in [1.54, 1.807) is 30.3 Å². The lowest BCUT2D eigenvalue weighted by molar-refractivity contribution is -0.145. The van der Waals surface area contributed by atoms with Gasteiger partial charge in [0.25, 0.3) is 0 Å². The quantitative estimate of drug-likeness (QED) is 0.642. The van der Waals surface area contributed by atoms with Crippen molar-refractivity contribution in [2.75, 3.05) is 7.11 Å². The number of halogens is 2. The minimum Gasteiger partial charge on any atom is -0.467 e. The molecular formula is C21H22ClFN2O4. The molecule has 6 nitrogen and oxygen atoms in total. The van der Waals surface area contributed by atoms with Crippen LogP contribution in [0.5, 0.6) is 0 Å². The van der Waals surface area contributed by atoms with E-state index >= 15 is 0 Å². The van der Waals surface area contributed by atoms with Gasteiger partial charge in [0.15, 0.2) is 0 Å². The van der Waals surface area contributed by atoms with Crippen molar-refractivity contribution in [2.24, 2.45) is 0 Å². The van der Waals surface area contributed by atoms with Gasteiger partial charge in [-0.05, 0) is 29.3 Å². The number of rotatable bonds is 8. The molecule has 0 saturated heterocycles. The van der Waals surface area contributed by atoms with Gasteiger partial charge in [0.05, 0.1) is 7.11 Å². The minimum atomic E-state index is -1.05. The second kappa shape index (κ2) is 10.6. The van der Waals surface area contributed by atoms with E-state index in [9.17, 15) is 18.8 Å². The number of ether oxygens (including phenoxy) is 1. The molecule has 2 aromatic rings. The van der Waals surface area contributed by atoms with Crippen LogP contribution in [0.3, 0.4) is 0 Å². The molecule has 154 valence electrons. The summed E-state index contributed by atoms with van der Waals surface area (Å²) in [6.07, 6.45) is 0.106. The Labute approximate surface area is 173 Å². The van der Waals surface area contributed by atoms with Crippen LogP contribution in [0.4, 0.5) is 4.39 Å². The maximum absolute atomic E-state index is 14.0. The Morgan fingerprint density at radius 1 is 1.00 bits per heavy atom. The molecule has 0 radical (unpaired) electrons. The molecule has 0 heterocycles. The first-order valence-electron chi connectivity index (χ1n) is 8.93. The third-order valence-corrected chi connectivity index (χ3v) is 4.48. The van der Waals surface area contributed by atoms with Gasteiger partial charge in [-0.25, -0.2) is 9.18 Å². The number of carbonyl (C=O) groups is 3. The van der Waals surface area contributed by atoms with Gasteiger partial charge in [0.2, 0.25) is 11.8 Å². The van der Waals surface area contributed by atoms with Crippen LogP contribution < -0.4 is 10.6 Å². The molecule has 2 atom stereocenters. The maximum Gasteiger partial charge on any atom is 0.328 e. The van der Waals surface area contributed by atoms with Gasteiger partial charge in [-0.1, -0.05) is 41.9 Å². The number of benzene rings is 2. The van der Waals surface area contributed by atoms with Gasteiger partial charge >= 0.3 is 5.97 Å². The fourth-order valence-electron chi connectivity index (χ4n) is 2.80. The lowest BCUT2D eigenvalue weighted by Crippen LogP contribution is -2.53. The van der Waals surface area contributed by atoms with Gasteiger partial charge in [-0.3, -0.25) is 9.59 Å². The Hall–Kier alpha value is -2.93. The molecule has 0 aliphatic rings. The molecule has 0 unspecified atom stereocenters. The number of esters is 1. The molecule has 0 bridgehead atoms. The molecule has 2 amide bonds. The molecule has 0 aliphatic carbocycles. The van der Waals surface area contributed by atoms with E-state index in [-0.39, 0.29) is 18.4 Å². The summed E-state index contributed by atoms with van der Waals surface area (Å²) in [6.45, 7) is 1.26. The second-order valence-electron chi connectivity index (χ2n) is 6.46. The maximum atomic E-state index is 14.0. The Morgan fingerprint density at radius 3 is 2.24 bits per heavy atom. The highest BCUT2D eigenvalue weighted by Crippen LogP contribution is 2.13. The number of hydrogen-bond donors (Lipinski definition) is 2. The zero-order chi connectivity index (χ0) is 21.4. The number of nitrogens with one attached hydrogen (secondary N) is 2. The van der Waals surface area contributed by atoms with Gasteiger partial charge < -0.3 is 15.4 Å². The highest BCUT2D eigenvalue weighted by atomic mass is 35.5. The molecule has 8 heteroatoms. The lowest BCUT2D eigenvalue weighted by Gasteiger charge is -2.22. The van der Waals surface area contributed by atoms with Crippen molar-refractivity contribution < 1.29 is 23.5 Å². The van der Waals surface area contributed by atoms with E-state index in [0.717, 1.165) is 5.56 Å². The molecule has 0 spiro atoms. The molecule has 0 saturated carbocycles. The predicted octanol–water partition coefficient (Wildman–Crippen LogP) is 2.43. The second-order valence-corrected chi connectivity index (χ2v) is 6.90. The summed E-state index contributed by atoms with van der Waals surface area (Å²) in [5.74, 6) is -2.19. The largest absolute Gasteiger partial charge is 0.467 e. The highest BCUT2D eigenvalue weighted by Gasteiger charge is 2.27. The van der Waals surface area contributed by atoms with E-state index in [1.165, 1.54) is 32.2 Å². The van der Waals surface area contributed by atoms with Crippen molar-refractivity contribution in [3.63, 3.8) is 0 Å². The zero-order valence-electron chi connectivity index (χ0n) is 16.1. The zero-order valence-corrected chi connectivity index (χ0v) is 16.8. The number of methoxy groups -OCH3 is 1. The summed E-state index contributed by atoms with van der Waals surface area (Å²) in [4.78, 5) is 36.5. The molecule has 0 aromatic heterocycles. The fourth-order valence-corrected chi connectivity index (χ4v) is 2.93. The highest BCUT2D eigenvalue weighted by molar-refractivity contribution is 6.30. The van der Waals surface area contributed by atoms with Crippen molar-refractivity contribution in [3.8, 4) is 0 Å². The smallest absolute Gasteiger partial charge is 0.328 e. The van der Waals surface area contributed by atoms with E-state index in [2.05, 4.69) is 10.6 Å². The van der Waals surface area contributed by atoms with Crippen LogP contribution in [0, 0.1) is 5.82 Å². The van der Waals surface area contributed by atoms with Crippen LogP contribution in [0.15, 0.2) is 48.5 Å². The number of amides is 2. The van der Waals surface area contributed by atoms with Crippen molar-refractivity contribution in [1.29, 1.82) is 0 Å². The van der Waals surface area contributed by atoms with Gasteiger partial charge in [0, 0.05) is 24.8 Å². The molecule has 2 aromatic carbocycles. The van der Waals surface area contributed by atoms with Crippen LogP contribution >= 0.6 is 11.6 Å². The lowest BCUT2D eigenvalue weighted by atomic mass is 10.0. The fraction of sp³-hybridized carbons (Fsp3) is 0.286. The Kier molecular flexibility index (Phi) is 8.15. The predicted molar refractivity (Wildman–Crippen MR) is 107 cm³/mol. The van der Waals surface area contributed by atoms with Crippen molar-refractivity contribution in [3.05, 3.63) is 70.5 Å². The molecule has 2 rings (SSSR count). The van der Waals surface area contributed by atoms with Crippen LogP contribution in [0.25, 0.3) is 0 Å². The van der Waals surface area contributed by atoms with E-state index in [1.807, 2.05) is 0 Å². The normalized spacial score (nSPS) is 12.6. The summed E-state index contributed by atoms with van der Waals surface area (Å²) in [6, 6.07) is 10.7. The summed E-state index contributed by atoms with van der Waals surface area (Å²) in [5, 5.41) is 5.64. The van der Waals surface area contributed by atoms with E-state index in [4.69, 9.17) is 16.3 Å². The molecule has 2 N–H and O–H groups in total. The molecule has 0 aliphatic heterocycles. The Balaban J connectivity index is 2.17. The van der Waals surface area contributed by atoms with E-state index < -0.39 is 35.7 Å². The average Bonchev–Trinajstić information content (AvgIpc) is 2.69. The third kappa shape index (κ3) is 6.87. The van der Waals surface area contributed by atoms with Crippen LogP contribution in [0.2, 0.25) is 5.02 Å². The van der Waals surface area contributed by atoms with E-state index in [0.29, 0.717) is 5.02 Å². The Bertz CT molecular complexity index is 873. The van der Waals surface area contributed by atoms with Gasteiger partial charge in [-0.2, -0.15) is 0 Å². The first-order valence-corrected chi connectivity index (χ1v) is 9.31. The molecular weight excluding hydrogens is 399 g/mol. The minimum absolute atomic E-state index is 0.0626. The van der Waals surface area contributed by atoms with Crippen molar-refractivity contribution in [2.45, 2.75) is 31.8 Å². The average molecular weight is 421 g/mol. The van der Waals surface area contributed by atoms with Crippen molar-refractivity contribution >= 4 is 29.4 Å². The summed E-state index contributed by atoms with van der Waals surface area (Å²) in [7, 11) is 1.22. The standard InChI is InChI=1S/C21H22ClFN2O4/c1-13(26)24-18(12-15-5-3-4-6-17(15)23)20(27)25-19(21(28)29-2)11-14-7-9-16(22)10-8-14/h3-10,18-19H,11-12H2,1-2H3,(H,24,26)(H,25,27)/t18-,19-/m1/s1. The van der Waals surface area contributed by atoms with Crippen LogP contribution in [-0.2, 0) is 32.0 Å². The number of hydrogen-bond acceptors (Lipinski definition) is 4. The molecule has 29 heavy (non-hydrogen) atoms. The first-order chi connectivity index (χ1) is 13.8. The summed E-state index contributed by atoms with van der Waals surface area (Å²) >= 11 is 5.87. The van der Waals surface area contributed by atoms with Gasteiger partial charge in [-0.15, -0.1) is 0 Å². The summed E-state index contributed by atoms with van der Waals surface area (Å²) < 4.78 is 18.8. The Morgan fingerprint density at radius 2 is 1.66 bits per heavy atom. The van der Waals surface area contributed by atoms with Crippen molar-refractivity contribution in [1.82, 2.24) is 10.6 Å². The third-order valence-electron chi connectivity index (χ3n) is 4.23. The summed E-state index contributed by atoms with van der Waals surface area (Å²) in [5.41, 5.74) is 1.03. The topological polar surface area (TPSA) is 84.5 Å². The monoisotopic (exact) mass is 420 g/mol. The van der Waals surface area contributed by atoms with Crippen LogP contribution in [0.1, 0.15) is 18.1 Å². The first kappa shape index (κ1) is 22.4. The van der Waals surface area contributed by atoms with Crippen LogP contribution in [-0.4, -0.2) is 37.0 Å². The number of carbonyl (C=O) groups excluding carboxylic acids is 3. The molecule has 0 fully saturated rings. The van der Waals surface area contributed by atoms with Gasteiger partial charge in [0.1, 0.15) is 17.9 Å².